The van der Waals surface area contributed by atoms with Gasteiger partial charge in [0.2, 0.25) is 0 Å². The van der Waals surface area contributed by atoms with E-state index in [9.17, 15) is 9.59 Å². The maximum absolute atomic E-state index is 12.1. The first kappa shape index (κ1) is 18.5. The number of carbonyl (C=O) groups is 2. The van der Waals surface area contributed by atoms with Gasteiger partial charge in [0.25, 0.3) is 5.91 Å². The number of hydrogen-bond acceptors (Lipinski definition) is 5. The molecule has 0 bridgehead atoms. The number of aryl methyl sites for hydroxylation is 1. The van der Waals surface area contributed by atoms with Gasteiger partial charge in [0.15, 0.2) is 11.5 Å². The molecule has 0 saturated heterocycles. The van der Waals surface area contributed by atoms with E-state index in [0.717, 1.165) is 5.56 Å². The Bertz CT molecular complexity index is 834. The van der Waals surface area contributed by atoms with Gasteiger partial charge in [0, 0.05) is 6.92 Å². The van der Waals surface area contributed by atoms with E-state index < -0.39 is 11.9 Å². The van der Waals surface area contributed by atoms with Crippen LogP contribution in [0.3, 0.4) is 0 Å². The fraction of sp³-hybridized carbons (Fsp3) is 0.167. The SMILES string of the molecule is COc1cc(/C=N\NC(=O)c2ccc(C)cc2Cl)ccc1OC(C)=O. The molecule has 0 aliphatic carbocycles. The Morgan fingerprint density at radius 1 is 1.16 bits per heavy atom. The molecular formula is C18H17ClN2O4. The normalized spacial score (nSPS) is 10.6. The van der Waals surface area contributed by atoms with E-state index in [4.69, 9.17) is 21.1 Å². The van der Waals surface area contributed by atoms with Crippen molar-refractivity contribution in [3.8, 4) is 11.5 Å². The van der Waals surface area contributed by atoms with Crippen molar-refractivity contribution in [1.82, 2.24) is 5.43 Å². The second kappa shape index (κ2) is 8.30. The van der Waals surface area contributed by atoms with Crippen molar-refractivity contribution in [3.05, 3.63) is 58.1 Å². The molecule has 0 heterocycles. The van der Waals surface area contributed by atoms with Crippen molar-refractivity contribution in [1.29, 1.82) is 0 Å². The summed E-state index contributed by atoms with van der Waals surface area (Å²) in [6, 6.07) is 10.0. The highest BCUT2D eigenvalue weighted by Crippen LogP contribution is 2.27. The fourth-order valence-electron chi connectivity index (χ4n) is 2.03. The summed E-state index contributed by atoms with van der Waals surface area (Å²) in [5.41, 5.74) is 4.37. The number of ether oxygens (including phenoxy) is 2. The van der Waals surface area contributed by atoms with Gasteiger partial charge in [-0.3, -0.25) is 9.59 Å². The second-order valence-electron chi connectivity index (χ2n) is 5.19. The molecule has 2 rings (SSSR count). The van der Waals surface area contributed by atoms with E-state index in [2.05, 4.69) is 10.5 Å². The lowest BCUT2D eigenvalue weighted by Gasteiger charge is -2.08. The van der Waals surface area contributed by atoms with E-state index in [-0.39, 0.29) is 0 Å². The maximum atomic E-state index is 12.1. The van der Waals surface area contributed by atoms with Crippen LogP contribution in [0.2, 0.25) is 5.02 Å². The molecule has 25 heavy (non-hydrogen) atoms. The number of nitrogens with zero attached hydrogens (tertiary/aromatic N) is 1. The summed E-state index contributed by atoms with van der Waals surface area (Å²) in [6.07, 6.45) is 1.44. The summed E-state index contributed by atoms with van der Waals surface area (Å²) in [5, 5.41) is 4.26. The lowest BCUT2D eigenvalue weighted by Crippen LogP contribution is -2.18. The van der Waals surface area contributed by atoms with E-state index in [1.165, 1.54) is 20.2 Å². The summed E-state index contributed by atoms with van der Waals surface area (Å²) in [5.74, 6) is -0.165. The zero-order valence-corrected chi connectivity index (χ0v) is 14.8. The lowest BCUT2D eigenvalue weighted by atomic mass is 10.1. The predicted molar refractivity (Wildman–Crippen MR) is 95.6 cm³/mol. The summed E-state index contributed by atoms with van der Waals surface area (Å²) >= 11 is 6.05. The van der Waals surface area contributed by atoms with Crippen LogP contribution in [-0.4, -0.2) is 25.2 Å². The maximum Gasteiger partial charge on any atom is 0.308 e. The quantitative estimate of drug-likeness (QED) is 0.384. The second-order valence-corrected chi connectivity index (χ2v) is 5.59. The number of rotatable bonds is 5. The molecule has 0 radical (unpaired) electrons. The monoisotopic (exact) mass is 360 g/mol. The van der Waals surface area contributed by atoms with Crippen LogP contribution in [0.1, 0.15) is 28.4 Å². The molecule has 0 unspecified atom stereocenters. The van der Waals surface area contributed by atoms with Crippen molar-refractivity contribution >= 4 is 29.7 Å². The molecule has 0 aromatic heterocycles. The number of nitrogens with one attached hydrogen (secondary N) is 1. The lowest BCUT2D eigenvalue weighted by molar-refractivity contribution is -0.132. The molecule has 2 aromatic carbocycles. The molecule has 130 valence electrons. The zero-order chi connectivity index (χ0) is 18.4. The number of carbonyl (C=O) groups excluding carboxylic acids is 2. The summed E-state index contributed by atoms with van der Waals surface area (Å²) in [7, 11) is 1.46. The van der Waals surface area contributed by atoms with Crippen LogP contribution < -0.4 is 14.9 Å². The van der Waals surface area contributed by atoms with Crippen LogP contribution in [0.25, 0.3) is 0 Å². The van der Waals surface area contributed by atoms with E-state index in [0.29, 0.717) is 27.6 Å². The summed E-state index contributed by atoms with van der Waals surface area (Å²) < 4.78 is 10.2. The molecule has 0 aliphatic rings. The topological polar surface area (TPSA) is 77.0 Å². The van der Waals surface area contributed by atoms with Crippen LogP contribution in [0, 0.1) is 6.92 Å². The van der Waals surface area contributed by atoms with Crippen molar-refractivity contribution in [3.63, 3.8) is 0 Å². The standard InChI is InChI=1S/C18H17ClN2O4/c1-11-4-6-14(15(19)8-11)18(23)21-20-10-13-5-7-16(25-12(2)22)17(9-13)24-3/h4-10H,1-3H3,(H,21,23)/b20-10-. The Morgan fingerprint density at radius 2 is 1.92 bits per heavy atom. The summed E-state index contributed by atoms with van der Waals surface area (Å²) in [4.78, 5) is 23.1. The molecule has 0 aliphatic heterocycles. The zero-order valence-electron chi connectivity index (χ0n) is 14.0. The van der Waals surface area contributed by atoms with Crippen LogP contribution in [0.4, 0.5) is 0 Å². The van der Waals surface area contributed by atoms with Crippen molar-refractivity contribution in [2.75, 3.05) is 7.11 Å². The van der Waals surface area contributed by atoms with Gasteiger partial charge in [0.05, 0.1) is 23.9 Å². The Balaban J connectivity index is 2.08. The third kappa shape index (κ3) is 5.06. The van der Waals surface area contributed by atoms with Crippen LogP contribution in [0.15, 0.2) is 41.5 Å². The fourth-order valence-corrected chi connectivity index (χ4v) is 2.35. The Hall–Kier alpha value is -2.86. The first-order valence-electron chi connectivity index (χ1n) is 7.36. The van der Waals surface area contributed by atoms with Gasteiger partial charge in [-0.05, 0) is 48.4 Å². The number of hydrazone groups is 1. The van der Waals surface area contributed by atoms with Gasteiger partial charge in [-0.1, -0.05) is 17.7 Å². The van der Waals surface area contributed by atoms with Crippen LogP contribution in [0.5, 0.6) is 11.5 Å². The van der Waals surface area contributed by atoms with Crippen LogP contribution >= 0.6 is 11.6 Å². The molecule has 1 N–H and O–H groups in total. The Labute approximate surface area is 150 Å². The molecular weight excluding hydrogens is 344 g/mol. The number of benzene rings is 2. The van der Waals surface area contributed by atoms with Crippen molar-refractivity contribution in [2.24, 2.45) is 5.10 Å². The molecule has 0 spiro atoms. The first-order chi connectivity index (χ1) is 11.9. The van der Waals surface area contributed by atoms with Gasteiger partial charge in [-0.2, -0.15) is 5.10 Å². The predicted octanol–water partition coefficient (Wildman–Crippen LogP) is 3.35. The van der Waals surface area contributed by atoms with E-state index in [1.807, 2.05) is 6.92 Å². The summed E-state index contributed by atoms with van der Waals surface area (Å²) in [6.45, 7) is 3.19. The minimum atomic E-state index is -0.443. The molecule has 6 nitrogen and oxygen atoms in total. The van der Waals surface area contributed by atoms with Gasteiger partial charge in [-0.15, -0.1) is 0 Å². The van der Waals surface area contributed by atoms with E-state index >= 15 is 0 Å². The van der Waals surface area contributed by atoms with Gasteiger partial charge in [0.1, 0.15) is 0 Å². The molecule has 2 aromatic rings. The number of methoxy groups -OCH3 is 1. The minimum absolute atomic E-state index is 0.308. The molecule has 0 fully saturated rings. The third-order valence-electron chi connectivity index (χ3n) is 3.19. The number of halogens is 1. The molecule has 7 heteroatoms. The number of hydrogen-bond donors (Lipinski definition) is 1. The third-order valence-corrected chi connectivity index (χ3v) is 3.50. The molecule has 1 amide bonds. The molecule has 0 saturated carbocycles. The van der Waals surface area contributed by atoms with Crippen molar-refractivity contribution < 1.29 is 19.1 Å². The van der Waals surface area contributed by atoms with Gasteiger partial charge >= 0.3 is 5.97 Å². The highest BCUT2D eigenvalue weighted by atomic mass is 35.5. The van der Waals surface area contributed by atoms with Crippen molar-refractivity contribution in [2.45, 2.75) is 13.8 Å². The largest absolute Gasteiger partial charge is 0.493 e. The molecule has 0 atom stereocenters. The highest BCUT2D eigenvalue weighted by Gasteiger charge is 2.10. The smallest absolute Gasteiger partial charge is 0.308 e. The van der Waals surface area contributed by atoms with Crippen LogP contribution in [-0.2, 0) is 4.79 Å². The number of esters is 1. The Morgan fingerprint density at radius 3 is 2.56 bits per heavy atom. The number of amides is 1. The van der Waals surface area contributed by atoms with Gasteiger partial charge in [-0.25, -0.2) is 5.43 Å². The average Bonchev–Trinajstić information content (AvgIpc) is 2.55. The van der Waals surface area contributed by atoms with Gasteiger partial charge < -0.3 is 9.47 Å². The Kier molecular flexibility index (Phi) is 6.14. The highest BCUT2D eigenvalue weighted by molar-refractivity contribution is 6.33. The van der Waals surface area contributed by atoms with E-state index in [1.54, 1.807) is 36.4 Å². The first-order valence-corrected chi connectivity index (χ1v) is 7.74. The average molecular weight is 361 g/mol. The minimum Gasteiger partial charge on any atom is -0.493 e.